The molecule has 0 spiro atoms. The van der Waals surface area contributed by atoms with Gasteiger partial charge in [-0.2, -0.15) is 5.26 Å². The average Bonchev–Trinajstić information content (AvgIpc) is 2.46. The maximum absolute atomic E-state index is 8.67. The highest BCUT2D eigenvalue weighted by molar-refractivity contribution is 9.09. The van der Waals surface area contributed by atoms with Gasteiger partial charge in [0.05, 0.1) is 19.1 Å². The molecule has 0 atom stereocenters. The SMILES string of the molecule is N#CCc1cccc(OCCCCCCCCCBr)c1. The van der Waals surface area contributed by atoms with Crippen LogP contribution in [0.15, 0.2) is 24.3 Å². The van der Waals surface area contributed by atoms with Crippen molar-refractivity contribution in [3.8, 4) is 11.8 Å². The zero-order valence-electron chi connectivity index (χ0n) is 12.1. The molecule has 20 heavy (non-hydrogen) atoms. The summed E-state index contributed by atoms with van der Waals surface area (Å²) in [6.45, 7) is 0.775. The number of ether oxygens (including phenoxy) is 1. The molecular weight excluding hydrogens is 314 g/mol. The van der Waals surface area contributed by atoms with Crippen LogP contribution < -0.4 is 4.74 Å². The molecule has 0 aliphatic rings. The molecule has 110 valence electrons. The van der Waals surface area contributed by atoms with Crippen LogP contribution in [0.5, 0.6) is 5.75 Å². The van der Waals surface area contributed by atoms with Gasteiger partial charge in [-0.05, 0) is 30.5 Å². The maximum Gasteiger partial charge on any atom is 0.119 e. The van der Waals surface area contributed by atoms with Crippen LogP contribution in [0.3, 0.4) is 0 Å². The van der Waals surface area contributed by atoms with E-state index >= 15 is 0 Å². The number of nitrogens with zero attached hydrogens (tertiary/aromatic N) is 1. The number of unbranched alkanes of at least 4 members (excludes halogenated alkanes) is 6. The quantitative estimate of drug-likeness (QED) is 0.407. The van der Waals surface area contributed by atoms with Gasteiger partial charge in [-0.25, -0.2) is 0 Å². The molecule has 1 aromatic rings. The Kier molecular flexibility index (Phi) is 10.0. The third-order valence-corrected chi connectivity index (χ3v) is 3.79. The summed E-state index contributed by atoms with van der Waals surface area (Å²) in [5.74, 6) is 0.884. The first-order chi connectivity index (χ1) is 9.86. The van der Waals surface area contributed by atoms with Crippen molar-refractivity contribution in [2.24, 2.45) is 0 Å². The summed E-state index contributed by atoms with van der Waals surface area (Å²) in [6.07, 6.45) is 9.43. The van der Waals surface area contributed by atoms with E-state index in [1.165, 1.54) is 38.5 Å². The number of alkyl halides is 1. The zero-order chi connectivity index (χ0) is 14.5. The Bertz CT molecular complexity index is 400. The van der Waals surface area contributed by atoms with Crippen LogP contribution in [-0.2, 0) is 6.42 Å². The minimum Gasteiger partial charge on any atom is -0.494 e. The van der Waals surface area contributed by atoms with Crippen molar-refractivity contribution in [2.75, 3.05) is 11.9 Å². The Morgan fingerprint density at radius 3 is 2.40 bits per heavy atom. The first-order valence-electron chi connectivity index (χ1n) is 7.51. The van der Waals surface area contributed by atoms with E-state index in [4.69, 9.17) is 10.00 Å². The van der Waals surface area contributed by atoms with Gasteiger partial charge in [0.1, 0.15) is 5.75 Å². The molecule has 0 aliphatic carbocycles. The van der Waals surface area contributed by atoms with Crippen LogP contribution in [0.2, 0.25) is 0 Å². The third-order valence-electron chi connectivity index (χ3n) is 3.23. The van der Waals surface area contributed by atoms with Crippen LogP contribution in [0.25, 0.3) is 0 Å². The first-order valence-corrected chi connectivity index (χ1v) is 8.63. The second-order valence-corrected chi connectivity index (χ2v) is 5.79. The van der Waals surface area contributed by atoms with Gasteiger partial charge in [0.2, 0.25) is 0 Å². The topological polar surface area (TPSA) is 33.0 Å². The van der Waals surface area contributed by atoms with Crippen molar-refractivity contribution in [2.45, 2.75) is 51.4 Å². The minimum absolute atomic E-state index is 0.450. The van der Waals surface area contributed by atoms with Gasteiger partial charge in [0, 0.05) is 5.33 Å². The molecular formula is C17H24BrNO. The molecule has 0 heterocycles. The molecule has 0 fully saturated rings. The van der Waals surface area contributed by atoms with E-state index in [1.54, 1.807) is 0 Å². The summed E-state index contributed by atoms with van der Waals surface area (Å²) in [7, 11) is 0. The highest BCUT2D eigenvalue weighted by Crippen LogP contribution is 2.14. The Balaban J connectivity index is 2.04. The van der Waals surface area contributed by atoms with E-state index in [2.05, 4.69) is 22.0 Å². The fourth-order valence-corrected chi connectivity index (χ4v) is 2.50. The second-order valence-electron chi connectivity index (χ2n) is 4.99. The minimum atomic E-state index is 0.450. The van der Waals surface area contributed by atoms with Gasteiger partial charge < -0.3 is 4.74 Å². The van der Waals surface area contributed by atoms with Crippen LogP contribution >= 0.6 is 15.9 Å². The summed E-state index contributed by atoms with van der Waals surface area (Å²) in [4.78, 5) is 0. The van der Waals surface area contributed by atoms with E-state index in [0.717, 1.165) is 29.7 Å². The summed E-state index contributed by atoms with van der Waals surface area (Å²) < 4.78 is 5.72. The monoisotopic (exact) mass is 337 g/mol. The van der Waals surface area contributed by atoms with Crippen LogP contribution in [-0.4, -0.2) is 11.9 Å². The van der Waals surface area contributed by atoms with Crippen LogP contribution in [0.4, 0.5) is 0 Å². The Labute approximate surface area is 131 Å². The molecule has 0 bridgehead atoms. The van der Waals surface area contributed by atoms with E-state index in [1.807, 2.05) is 24.3 Å². The fourth-order valence-electron chi connectivity index (χ4n) is 2.11. The highest BCUT2D eigenvalue weighted by Gasteiger charge is 1.97. The van der Waals surface area contributed by atoms with Crippen molar-refractivity contribution < 1.29 is 4.74 Å². The van der Waals surface area contributed by atoms with Crippen molar-refractivity contribution in [3.05, 3.63) is 29.8 Å². The lowest BCUT2D eigenvalue weighted by Crippen LogP contribution is -1.97. The molecule has 0 N–H and O–H groups in total. The maximum atomic E-state index is 8.67. The molecule has 0 aliphatic heterocycles. The number of benzene rings is 1. The molecule has 0 saturated heterocycles. The van der Waals surface area contributed by atoms with E-state index in [-0.39, 0.29) is 0 Å². The van der Waals surface area contributed by atoms with Gasteiger partial charge in [-0.3, -0.25) is 0 Å². The number of rotatable bonds is 11. The third kappa shape index (κ3) is 8.22. The lowest BCUT2D eigenvalue weighted by molar-refractivity contribution is 0.304. The molecule has 0 radical (unpaired) electrons. The molecule has 3 heteroatoms. The highest BCUT2D eigenvalue weighted by atomic mass is 79.9. The largest absolute Gasteiger partial charge is 0.494 e. The van der Waals surface area contributed by atoms with Gasteiger partial charge >= 0.3 is 0 Å². The summed E-state index contributed by atoms with van der Waals surface area (Å²) >= 11 is 3.46. The van der Waals surface area contributed by atoms with E-state index in [9.17, 15) is 0 Å². The predicted octanol–water partition coefficient (Wildman–Crippen LogP) is 5.26. The number of hydrogen-bond donors (Lipinski definition) is 0. The number of halogens is 1. The van der Waals surface area contributed by atoms with Gasteiger partial charge in [-0.1, -0.05) is 60.2 Å². The molecule has 1 aromatic carbocycles. The lowest BCUT2D eigenvalue weighted by atomic mass is 10.1. The Morgan fingerprint density at radius 1 is 1.00 bits per heavy atom. The van der Waals surface area contributed by atoms with E-state index < -0.39 is 0 Å². The van der Waals surface area contributed by atoms with Crippen molar-refractivity contribution in [3.63, 3.8) is 0 Å². The summed E-state index contributed by atoms with van der Waals surface area (Å²) in [6, 6.07) is 9.99. The second kappa shape index (κ2) is 11.8. The van der Waals surface area contributed by atoms with Crippen molar-refractivity contribution >= 4 is 15.9 Å². The fraction of sp³-hybridized carbons (Fsp3) is 0.588. The van der Waals surface area contributed by atoms with Crippen molar-refractivity contribution in [1.29, 1.82) is 5.26 Å². The zero-order valence-corrected chi connectivity index (χ0v) is 13.7. The molecule has 2 nitrogen and oxygen atoms in total. The first kappa shape index (κ1) is 17.0. The predicted molar refractivity (Wildman–Crippen MR) is 87.4 cm³/mol. The smallest absolute Gasteiger partial charge is 0.119 e. The van der Waals surface area contributed by atoms with E-state index in [0.29, 0.717) is 6.42 Å². The molecule has 0 amide bonds. The summed E-state index contributed by atoms with van der Waals surface area (Å²) in [5, 5.41) is 9.80. The summed E-state index contributed by atoms with van der Waals surface area (Å²) in [5.41, 5.74) is 1.02. The average molecular weight is 338 g/mol. The van der Waals surface area contributed by atoms with Crippen LogP contribution in [0, 0.1) is 11.3 Å². The molecule has 0 saturated carbocycles. The molecule has 1 rings (SSSR count). The standard InChI is InChI=1S/C17H24BrNO/c18-12-6-4-2-1-3-5-7-14-20-17-10-8-9-16(15-17)11-13-19/h8-10,15H,1-7,11-12,14H2. The van der Waals surface area contributed by atoms with Gasteiger partial charge in [-0.15, -0.1) is 0 Å². The normalized spacial score (nSPS) is 10.2. The van der Waals surface area contributed by atoms with Crippen LogP contribution in [0.1, 0.15) is 50.5 Å². The Morgan fingerprint density at radius 2 is 1.70 bits per heavy atom. The van der Waals surface area contributed by atoms with Crippen molar-refractivity contribution in [1.82, 2.24) is 0 Å². The molecule has 0 aromatic heterocycles. The number of hydrogen-bond acceptors (Lipinski definition) is 2. The Hall–Kier alpha value is -1.01. The lowest BCUT2D eigenvalue weighted by Gasteiger charge is -2.07. The van der Waals surface area contributed by atoms with Gasteiger partial charge in [0.15, 0.2) is 0 Å². The number of nitriles is 1. The van der Waals surface area contributed by atoms with Gasteiger partial charge in [0.25, 0.3) is 0 Å². The molecule has 0 unspecified atom stereocenters.